The van der Waals surface area contributed by atoms with E-state index in [-0.39, 0.29) is 11.9 Å². The molecule has 21 heavy (non-hydrogen) atoms. The Kier molecular flexibility index (Phi) is 4.31. The van der Waals surface area contributed by atoms with Crippen molar-refractivity contribution in [3.8, 4) is 0 Å². The van der Waals surface area contributed by atoms with Crippen molar-refractivity contribution in [3.05, 3.63) is 35.9 Å². The molecule has 0 amide bonds. The molecular weight excluding hydrogens is 292 g/mol. The maximum atomic E-state index is 12.1. The molecule has 1 aromatic carbocycles. The molecule has 1 spiro atoms. The predicted molar refractivity (Wildman–Crippen MR) is 77.0 cm³/mol. The fourth-order valence-electron chi connectivity index (χ4n) is 2.93. The van der Waals surface area contributed by atoms with E-state index >= 15 is 0 Å². The molecule has 0 N–H and O–H groups in total. The van der Waals surface area contributed by atoms with Crippen LogP contribution < -0.4 is 0 Å². The quantitative estimate of drug-likeness (QED) is 0.798. The third-order valence-electron chi connectivity index (χ3n) is 3.98. The highest BCUT2D eigenvalue weighted by atomic mass is 32.2. The fraction of sp³-hybridized carbons (Fsp3) is 0.600. The van der Waals surface area contributed by atoms with Gasteiger partial charge in [0.2, 0.25) is 0 Å². The Hall–Kier alpha value is -0.950. The van der Waals surface area contributed by atoms with Gasteiger partial charge in [0.05, 0.1) is 19.3 Å². The average molecular weight is 312 g/mol. The molecule has 0 unspecified atom stereocenters. The summed E-state index contributed by atoms with van der Waals surface area (Å²) in [5.74, 6) is -0.564. The zero-order valence-electron chi connectivity index (χ0n) is 11.9. The zero-order chi connectivity index (χ0) is 14.8. The predicted octanol–water partition coefficient (Wildman–Crippen LogP) is 2.22. The van der Waals surface area contributed by atoms with Crippen LogP contribution in [-0.2, 0) is 29.5 Å². The van der Waals surface area contributed by atoms with Gasteiger partial charge >= 0.3 is 0 Å². The summed E-state index contributed by atoms with van der Waals surface area (Å²) in [4.78, 5) is 0. The first-order valence-corrected chi connectivity index (χ1v) is 8.88. The lowest BCUT2D eigenvalue weighted by Crippen LogP contribution is -2.38. The zero-order valence-corrected chi connectivity index (χ0v) is 12.7. The van der Waals surface area contributed by atoms with E-state index in [2.05, 4.69) is 0 Å². The minimum absolute atomic E-state index is 0.0809. The van der Waals surface area contributed by atoms with E-state index in [1.54, 1.807) is 12.1 Å². The van der Waals surface area contributed by atoms with Gasteiger partial charge < -0.3 is 9.47 Å². The molecule has 2 fully saturated rings. The van der Waals surface area contributed by atoms with E-state index in [1.165, 1.54) is 0 Å². The molecule has 2 aliphatic rings. The molecule has 3 rings (SSSR count). The van der Waals surface area contributed by atoms with Gasteiger partial charge in [0.15, 0.2) is 5.79 Å². The Morgan fingerprint density at radius 2 is 1.71 bits per heavy atom. The smallest absolute Gasteiger partial charge is 0.271 e. The molecule has 1 saturated carbocycles. The Bertz CT molecular complexity index is 553. The van der Waals surface area contributed by atoms with Crippen molar-refractivity contribution in [1.29, 1.82) is 0 Å². The molecule has 6 heteroatoms. The van der Waals surface area contributed by atoms with Crippen LogP contribution in [0.1, 0.15) is 31.2 Å². The highest BCUT2D eigenvalue weighted by molar-refractivity contribution is 7.85. The van der Waals surface area contributed by atoms with E-state index in [0.717, 1.165) is 5.56 Å². The molecule has 5 nitrogen and oxygen atoms in total. The van der Waals surface area contributed by atoms with Gasteiger partial charge in [-0.05, 0) is 18.4 Å². The number of hydrogen-bond acceptors (Lipinski definition) is 5. The summed E-state index contributed by atoms with van der Waals surface area (Å²) in [7, 11) is -3.55. The second kappa shape index (κ2) is 6.04. The topological polar surface area (TPSA) is 61.8 Å². The molecule has 1 aliphatic heterocycles. The van der Waals surface area contributed by atoms with E-state index in [9.17, 15) is 8.42 Å². The van der Waals surface area contributed by atoms with Crippen LogP contribution in [0.3, 0.4) is 0 Å². The number of ether oxygens (including phenoxy) is 2. The highest BCUT2D eigenvalue weighted by Crippen LogP contribution is 2.37. The lowest BCUT2D eigenvalue weighted by atomic mass is 9.92. The first kappa shape index (κ1) is 15.0. The third kappa shape index (κ3) is 3.83. The van der Waals surface area contributed by atoms with Crippen LogP contribution in [0.2, 0.25) is 0 Å². The van der Waals surface area contributed by atoms with Gasteiger partial charge in [-0.3, -0.25) is 4.18 Å². The summed E-state index contributed by atoms with van der Waals surface area (Å²) >= 11 is 0. The highest BCUT2D eigenvalue weighted by Gasteiger charge is 2.41. The Balaban J connectivity index is 1.54. The number of rotatable bonds is 4. The SMILES string of the molecule is O=S(=O)(Cc1ccccc1)OC1CCC2(CC1)OCCO2. The molecule has 0 atom stereocenters. The first-order chi connectivity index (χ1) is 10.1. The molecule has 116 valence electrons. The summed E-state index contributed by atoms with van der Waals surface area (Å²) in [6, 6.07) is 9.08. The molecule has 1 heterocycles. The molecule has 0 radical (unpaired) electrons. The van der Waals surface area contributed by atoms with Crippen LogP contribution in [-0.4, -0.2) is 33.5 Å². The Labute approximate surface area is 125 Å². The largest absolute Gasteiger partial charge is 0.348 e. The van der Waals surface area contributed by atoms with Crippen molar-refractivity contribution < 1.29 is 22.1 Å². The third-order valence-corrected chi connectivity index (χ3v) is 5.23. The summed E-state index contributed by atoms with van der Waals surface area (Å²) in [5.41, 5.74) is 0.743. The van der Waals surface area contributed by atoms with Crippen molar-refractivity contribution in [1.82, 2.24) is 0 Å². The minimum atomic E-state index is -3.55. The van der Waals surface area contributed by atoms with Crippen LogP contribution in [0.4, 0.5) is 0 Å². The van der Waals surface area contributed by atoms with Gasteiger partial charge in [0.1, 0.15) is 5.75 Å². The minimum Gasteiger partial charge on any atom is -0.348 e. The van der Waals surface area contributed by atoms with Gasteiger partial charge in [-0.1, -0.05) is 30.3 Å². The Morgan fingerprint density at radius 3 is 2.33 bits per heavy atom. The first-order valence-electron chi connectivity index (χ1n) is 7.30. The van der Waals surface area contributed by atoms with Gasteiger partial charge in [-0.2, -0.15) is 8.42 Å². The van der Waals surface area contributed by atoms with Crippen molar-refractivity contribution in [2.75, 3.05) is 13.2 Å². The van der Waals surface area contributed by atoms with Crippen molar-refractivity contribution >= 4 is 10.1 Å². The van der Waals surface area contributed by atoms with Gasteiger partial charge in [-0.15, -0.1) is 0 Å². The lowest BCUT2D eigenvalue weighted by molar-refractivity contribution is -0.185. The maximum Gasteiger partial charge on any atom is 0.271 e. The van der Waals surface area contributed by atoms with E-state index in [0.29, 0.717) is 38.9 Å². The normalized spacial score (nSPS) is 22.7. The molecule has 1 aromatic rings. The summed E-state index contributed by atoms with van der Waals surface area (Å²) in [6.45, 7) is 1.25. The van der Waals surface area contributed by atoms with Crippen molar-refractivity contribution in [2.45, 2.75) is 43.3 Å². The van der Waals surface area contributed by atoms with Gasteiger partial charge in [-0.25, -0.2) is 0 Å². The maximum absolute atomic E-state index is 12.1. The van der Waals surface area contributed by atoms with E-state index in [4.69, 9.17) is 13.7 Å². The van der Waals surface area contributed by atoms with Crippen LogP contribution in [0.15, 0.2) is 30.3 Å². The summed E-state index contributed by atoms with van der Waals surface area (Å²) in [6.07, 6.45) is 2.41. The number of benzene rings is 1. The van der Waals surface area contributed by atoms with Gasteiger partial charge in [0.25, 0.3) is 10.1 Å². The van der Waals surface area contributed by atoms with Crippen LogP contribution in [0, 0.1) is 0 Å². The van der Waals surface area contributed by atoms with Gasteiger partial charge in [0, 0.05) is 12.8 Å². The van der Waals surface area contributed by atoms with Crippen molar-refractivity contribution in [2.24, 2.45) is 0 Å². The molecule has 1 saturated heterocycles. The fourth-order valence-corrected chi connectivity index (χ4v) is 4.21. The average Bonchev–Trinajstić information content (AvgIpc) is 2.91. The number of hydrogen-bond donors (Lipinski definition) is 0. The monoisotopic (exact) mass is 312 g/mol. The molecule has 1 aliphatic carbocycles. The van der Waals surface area contributed by atoms with Crippen LogP contribution in [0.5, 0.6) is 0 Å². The molecular formula is C15H20O5S. The lowest BCUT2D eigenvalue weighted by Gasteiger charge is -2.34. The second-order valence-corrected chi connectivity index (χ2v) is 7.19. The van der Waals surface area contributed by atoms with E-state index in [1.807, 2.05) is 18.2 Å². The standard InChI is InChI=1S/C15H20O5S/c16-21(17,12-13-4-2-1-3-5-13)20-14-6-8-15(9-7-14)18-10-11-19-15/h1-5,14H,6-12H2. The molecule has 0 bridgehead atoms. The van der Waals surface area contributed by atoms with Crippen molar-refractivity contribution in [3.63, 3.8) is 0 Å². The summed E-state index contributed by atoms with van der Waals surface area (Å²) < 4.78 is 40.8. The van der Waals surface area contributed by atoms with Crippen LogP contribution in [0.25, 0.3) is 0 Å². The summed E-state index contributed by atoms with van der Waals surface area (Å²) in [5, 5.41) is 0. The second-order valence-electron chi connectivity index (χ2n) is 5.59. The van der Waals surface area contributed by atoms with Crippen LogP contribution >= 0.6 is 0 Å². The molecule has 0 aromatic heterocycles. The Morgan fingerprint density at radius 1 is 1.10 bits per heavy atom. The van der Waals surface area contributed by atoms with E-state index < -0.39 is 15.9 Å².